The first-order chi connectivity index (χ1) is 16.2. The predicted octanol–water partition coefficient (Wildman–Crippen LogP) is 2.98. The Balaban J connectivity index is 1.46. The van der Waals surface area contributed by atoms with Crippen molar-refractivity contribution in [3.05, 3.63) is 53.6 Å². The zero-order valence-electron chi connectivity index (χ0n) is 20.0. The Hall–Kier alpha value is -2.48. The van der Waals surface area contributed by atoms with Crippen LogP contribution in [-0.2, 0) is 20.0 Å². The number of hydrogen-bond donors (Lipinski definition) is 1. The van der Waals surface area contributed by atoms with Crippen LogP contribution in [0.5, 0.6) is 0 Å². The van der Waals surface area contributed by atoms with Crippen molar-refractivity contribution >= 4 is 16.7 Å². The molecule has 1 N–H and O–H groups in total. The van der Waals surface area contributed by atoms with Crippen molar-refractivity contribution in [3.8, 4) is 0 Å². The Labute approximate surface area is 196 Å². The van der Waals surface area contributed by atoms with E-state index in [1.54, 1.807) is 0 Å². The molecule has 176 valence electrons. The summed E-state index contributed by atoms with van der Waals surface area (Å²) in [4.78, 5) is 17.2. The van der Waals surface area contributed by atoms with Gasteiger partial charge in [-0.05, 0) is 56.5 Å². The van der Waals surface area contributed by atoms with Gasteiger partial charge in [-0.3, -0.25) is 9.88 Å². The summed E-state index contributed by atoms with van der Waals surface area (Å²) < 4.78 is 2.29. The molecule has 7 nitrogen and oxygen atoms in total. The molecular weight excluding hydrogens is 412 g/mol. The van der Waals surface area contributed by atoms with Crippen LogP contribution in [0.3, 0.4) is 0 Å². The first-order valence-electron chi connectivity index (χ1n) is 12.3. The van der Waals surface area contributed by atoms with Crippen molar-refractivity contribution in [2.45, 2.75) is 38.3 Å². The molecule has 7 heteroatoms. The number of piperazine rings is 1. The second kappa shape index (κ2) is 9.79. The van der Waals surface area contributed by atoms with Gasteiger partial charge < -0.3 is 19.5 Å². The molecule has 1 aliphatic heterocycles. The second-order valence-electron chi connectivity index (χ2n) is 9.53. The van der Waals surface area contributed by atoms with Crippen LogP contribution in [0.15, 0.2) is 36.5 Å². The predicted molar refractivity (Wildman–Crippen MR) is 132 cm³/mol. The van der Waals surface area contributed by atoms with Crippen molar-refractivity contribution in [1.82, 2.24) is 24.3 Å². The molecular formula is C26H36N6O. The van der Waals surface area contributed by atoms with Gasteiger partial charge in [0.25, 0.3) is 0 Å². The van der Waals surface area contributed by atoms with Gasteiger partial charge in [-0.2, -0.15) is 0 Å². The molecule has 0 saturated carbocycles. The maximum Gasteiger partial charge on any atom is 0.123 e. The Morgan fingerprint density at radius 3 is 2.76 bits per heavy atom. The SMILES string of the molecule is CN1CCN(c2cccc3nc(CN(CCCO)C4CCCc5cccnc54)n(C)c23)CC1. The second-order valence-corrected chi connectivity index (χ2v) is 9.53. The zero-order valence-corrected chi connectivity index (χ0v) is 20.0. The van der Waals surface area contributed by atoms with Gasteiger partial charge in [-0.1, -0.05) is 12.1 Å². The summed E-state index contributed by atoms with van der Waals surface area (Å²) in [6, 6.07) is 11.1. The lowest BCUT2D eigenvalue weighted by Gasteiger charge is -2.35. The molecule has 0 bridgehead atoms. The largest absolute Gasteiger partial charge is 0.396 e. The van der Waals surface area contributed by atoms with Crippen LogP contribution >= 0.6 is 0 Å². The summed E-state index contributed by atoms with van der Waals surface area (Å²) in [6.07, 6.45) is 6.06. The maximum atomic E-state index is 9.57. The minimum atomic E-state index is 0.203. The van der Waals surface area contributed by atoms with Gasteiger partial charge >= 0.3 is 0 Å². The Kier molecular flexibility index (Phi) is 6.62. The minimum Gasteiger partial charge on any atom is -0.396 e. The standard InChI is InChI=1S/C26H36N6O/c1-29-14-16-31(17-15-29)23-11-4-9-21-26(23)30(2)24(28-21)19-32(13-6-18-33)22-10-3-7-20-8-5-12-27-25(20)22/h4-5,8-9,11-12,22,33H,3,6-7,10,13-19H2,1-2H3. The van der Waals surface area contributed by atoms with Gasteiger partial charge in [0, 0.05) is 52.6 Å². The van der Waals surface area contributed by atoms with E-state index in [-0.39, 0.29) is 12.6 Å². The van der Waals surface area contributed by atoms with Crippen molar-refractivity contribution < 1.29 is 5.11 Å². The third kappa shape index (κ3) is 4.50. The topological polar surface area (TPSA) is 60.7 Å². The Morgan fingerprint density at radius 2 is 1.94 bits per heavy atom. The average Bonchev–Trinajstić information content (AvgIpc) is 3.17. The third-order valence-corrected chi connectivity index (χ3v) is 7.36. The molecule has 3 heterocycles. The van der Waals surface area contributed by atoms with Crippen LogP contribution in [0.25, 0.3) is 11.0 Å². The van der Waals surface area contributed by atoms with Gasteiger partial charge in [0.15, 0.2) is 0 Å². The number of fused-ring (bicyclic) bond motifs is 2. The van der Waals surface area contributed by atoms with Gasteiger partial charge in [-0.15, -0.1) is 0 Å². The number of nitrogens with zero attached hydrogens (tertiary/aromatic N) is 6. The number of aliphatic hydroxyl groups is 1. The first-order valence-corrected chi connectivity index (χ1v) is 12.3. The van der Waals surface area contributed by atoms with E-state index in [4.69, 9.17) is 9.97 Å². The highest BCUT2D eigenvalue weighted by Crippen LogP contribution is 2.35. The van der Waals surface area contributed by atoms with Crippen molar-refractivity contribution in [3.63, 3.8) is 0 Å². The summed E-state index contributed by atoms with van der Waals surface area (Å²) >= 11 is 0. The molecule has 1 unspecified atom stereocenters. The number of likely N-dealkylation sites (N-methyl/N-ethyl adjacent to an activating group) is 1. The van der Waals surface area contributed by atoms with E-state index >= 15 is 0 Å². The molecule has 0 spiro atoms. The highest BCUT2D eigenvalue weighted by atomic mass is 16.3. The number of aromatic nitrogens is 3. The van der Waals surface area contributed by atoms with E-state index in [1.165, 1.54) is 28.9 Å². The summed E-state index contributed by atoms with van der Waals surface area (Å²) in [7, 11) is 4.35. The fraction of sp³-hybridized carbons (Fsp3) is 0.538. The highest BCUT2D eigenvalue weighted by Gasteiger charge is 2.28. The number of aliphatic hydroxyl groups excluding tert-OH is 1. The lowest BCUT2D eigenvalue weighted by Crippen LogP contribution is -2.44. The third-order valence-electron chi connectivity index (χ3n) is 7.36. The molecule has 1 atom stereocenters. The number of anilines is 1. The monoisotopic (exact) mass is 448 g/mol. The van der Waals surface area contributed by atoms with Gasteiger partial charge in [0.1, 0.15) is 5.82 Å². The van der Waals surface area contributed by atoms with Crippen molar-refractivity contribution in [2.24, 2.45) is 7.05 Å². The number of imidazole rings is 1. The molecule has 33 heavy (non-hydrogen) atoms. The van der Waals surface area contributed by atoms with E-state index in [0.29, 0.717) is 0 Å². The first kappa shape index (κ1) is 22.3. The van der Waals surface area contributed by atoms with Gasteiger partial charge in [-0.25, -0.2) is 4.98 Å². The molecule has 3 aromatic rings. The number of pyridine rings is 1. The normalized spacial score (nSPS) is 19.4. The summed E-state index contributed by atoms with van der Waals surface area (Å²) in [5.74, 6) is 1.08. The fourth-order valence-corrected chi connectivity index (χ4v) is 5.48. The Morgan fingerprint density at radius 1 is 1.09 bits per heavy atom. The lowest BCUT2D eigenvalue weighted by atomic mass is 9.90. The van der Waals surface area contributed by atoms with E-state index in [9.17, 15) is 5.11 Å². The molecule has 1 aliphatic carbocycles. The molecule has 0 amide bonds. The van der Waals surface area contributed by atoms with E-state index in [1.807, 2.05) is 12.3 Å². The Bertz CT molecular complexity index is 1090. The van der Waals surface area contributed by atoms with Crippen LogP contribution < -0.4 is 4.90 Å². The molecule has 1 fully saturated rings. The quantitative estimate of drug-likeness (QED) is 0.600. The van der Waals surface area contributed by atoms with Crippen LogP contribution in [0.1, 0.15) is 42.4 Å². The lowest BCUT2D eigenvalue weighted by molar-refractivity contribution is 0.144. The minimum absolute atomic E-state index is 0.203. The van der Waals surface area contributed by atoms with Crippen LogP contribution in [-0.4, -0.2) is 75.8 Å². The number of para-hydroxylation sites is 1. The van der Waals surface area contributed by atoms with E-state index < -0.39 is 0 Å². The number of benzene rings is 1. The molecule has 2 aromatic heterocycles. The van der Waals surface area contributed by atoms with Crippen LogP contribution in [0.4, 0.5) is 5.69 Å². The smallest absolute Gasteiger partial charge is 0.123 e. The highest BCUT2D eigenvalue weighted by molar-refractivity contribution is 5.89. The van der Waals surface area contributed by atoms with Crippen molar-refractivity contribution in [2.75, 3.05) is 51.3 Å². The maximum absolute atomic E-state index is 9.57. The van der Waals surface area contributed by atoms with Gasteiger partial charge in [0.05, 0.1) is 35.0 Å². The number of aryl methyl sites for hydroxylation is 2. The van der Waals surface area contributed by atoms with E-state index in [0.717, 1.165) is 69.9 Å². The van der Waals surface area contributed by atoms with Crippen LogP contribution in [0.2, 0.25) is 0 Å². The number of hydrogen-bond acceptors (Lipinski definition) is 6. The summed E-state index contributed by atoms with van der Waals surface area (Å²) in [5, 5.41) is 9.57. The van der Waals surface area contributed by atoms with Crippen molar-refractivity contribution in [1.29, 1.82) is 0 Å². The average molecular weight is 449 g/mol. The zero-order chi connectivity index (χ0) is 22.8. The summed E-state index contributed by atoms with van der Waals surface area (Å²) in [5.41, 5.74) is 6.15. The number of rotatable bonds is 7. The molecule has 5 rings (SSSR count). The van der Waals surface area contributed by atoms with Crippen LogP contribution in [0, 0.1) is 0 Å². The fourth-order valence-electron chi connectivity index (χ4n) is 5.48. The molecule has 1 aromatic carbocycles. The molecule has 1 saturated heterocycles. The summed E-state index contributed by atoms with van der Waals surface area (Å²) in [6.45, 7) is 6.06. The molecule has 2 aliphatic rings. The molecule has 0 radical (unpaired) electrons. The van der Waals surface area contributed by atoms with E-state index in [2.05, 4.69) is 57.6 Å². The van der Waals surface area contributed by atoms with Gasteiger partial charge in [0.2, 0.25) is 0 Å².